The van der Waals surface area contributed by atoms with Gasteiger partial charge in [-0.15, -0.1) is 0 Å². The Kier molecular flexibility index (Phi) is 4.42. The van der Waals surface area contributed by atoms with Crippen molar-refractivity contribution in [3.05, 3.63) is 0 Å². The minimum atomic E-state index is -0.633. The SMILES string of the molecule is CCCCC[C@@H]1[C@@H](O)[C@H](O)[C@H]2CC[C@@H](CO)N12. The van der Waals surface area contributed by atoms with Crippen LogP contribution in [0.3, 0.4) is 0 Å². The summed E-state index contributed by atoms with van der Waals surface area (Å²) in [5.41, 5.74) is 0. The first-order chi connectivity index (χ1) is 8.20. The Labute approximate surface area is 103 Å². The summed E-state index contributed by atoms with van der Waals surface area (Å²) in [4.78, 5) is 2.19. The second kappa shape index (κ2) is 5.65. The molecule has 2 fully saturated rings. The number of hydrogen-bond acceptors (Lipinski definition) is 4. The van der Waals surface area contributed by atoms with Crippen LogP contribution in [0.2, 0.25) is 0 Å². The van der Waals surface area contributed by atoms with Gasteiger partial charge in [-0.2, -0.15) is 0 Å². The Bertz CT molecular complexity index is 249. The van der Waals surface area contributed by atoms with Crippen LogP contribution in [-0.2, 0) is 0 Å². The van der Waals surface area contributed by atoms with Gasteiger partial charge in [-0.3, -0.25) is 4.90 Å². The number of nitrogens with zero attached hydrogens (tertiary/aromatic N) is 1. The van der Waals surface area contributed by atoms with E-state index >= 15 is 0 Å². The van der Waals surface area contributed by atoms with E-state index in [1.54, 1.807) is 0 Å². The number of hydrogen-bond donors (Lipinski definition) is 3. The maximum Gasteiger partial charge on any atom is 0.0969 e. The number of aliphatic hydroxyl groups excluding tert-OH is 3. The Morgan fingerprint density at radius 2 is 1.88 bits per heavy atom. The van der Waals surface area contributed by atoms with E-state index in [0.29, 0.717) is 0 Å². The molecule has 0 aromatic heterocycles. The Hall–Kier alpha value is -0.160. The second-order valence-electron chi connectivity index (χ2n) is 5.47. The largest absolute Gasteiger partial charge is 0.395 e. The van der Waals surface area contributed by atoms with Gasteiger partial charge in [-0.25, -0.2) is 0 Å². The molecule has 0 aromatic carbocycles. The first-order valence-electron chi connectivity index (χ1n) is 6.95. The van der Waals surface area contributed by atoms with Gasteiger partial charge in [0.2, 0.25) is 0 Å². The van der Waals surface area contributed by atoms with Crippen molar-refractivity contribution in [2.75, 3.05) is 6.61 Å². The monoisotopic (exact) mass is 243 g/mol. The molecule has 2 aliphatic rings. The number of aliphatic hydroxyl groups is 3. The molecule has 0 spiro atoms. The first kappa shape index (κ1) is 13.3. The highest BCUT2D eigenvalue weighted by atomic mass is 16.3. The van der Waals surface area contributed by atoms with Gasteiger partial charge < -0.3 is 15.3 Å². The highest BCUT2D eigenvalue weighted by molar-refractivity contribution is 5.06. The molecule has 0 unspecified atom stereocenters. The van der Waals surface area contributed by atoms with Gasteiger partial charge in [-0.05, 0) is 19.3 Å². The lowest BCUT2D eigenvalue weighted by atomic mass is 9.99. The van der Waals surface area contributed by atoms with Crippen molar-refractivity contribution in [1.29, 1.82) is 0 Å². The summed E-state index contributed by atoms with van der Waals surface area (Å²) in [5.74, 6) is 0. The lowest BCUT2D eigenvalue weighted by Crippen LogP contribution is -2.43. The van der Waals surface area contributed by atoms with Crippen molar-refractivity contribution in [2.24, 2.45) is 0 Å². The minimum absolute atomic E-state index is 0.0428. The molecular formula is C13H25NO3. The molecular weight excluding hydrogens is 218 g/mol. The molecule has 4 heteroatoms. The Balaban J connectivity index is 2.01. The quantitative estimate of drug-likeness (QED) is 0.615. The zero-order valence-electron chi connectivity index (χ0n) is 10.6. The van der Waals surface area contributed by atoms with Gasteiger partial charge in [0.25, 0.3) is 0 Å². The smallest absolute Gasteiger partial charge is 0.0969 e. The third-order valence-electron chi connectivity index (χ3n) is 4.44. The van der Waals surface area contributed by atoms with Crippen molar-refractivity contribution in [3.63, 3.8) is 0 Å². The van der Waals surface area contributed by atoms with Gasteiger partial charge in [0, 0.05) is 18.1 Å². The summed E-state index contributed by atoms with van der Waals surface area (Å²) in [7, 11) is 0. The fourth-order valence-electron chi connectivity index (χ4n) is 3.54. The van der Waals surface area contributed by atoms with Gasteiger partial charge >= 0.3 is 0 Å². The number of fused-ring (bicyclic) bond motifs is 1. The number of unbranched alkanes of at least 4 members (excludes halogenated alkanes) is 2. The van der Waals surface area contributed by atoms with Gasteiger partial charge in [0.1, 0.15) is 0 Å². The molecule has 3 N–H and O–H groups in total. The average molecular weight is 243 g/mol. The molecule has 0 aromatic rings. The highest BCUT2D eigenvalue weighted by Gasteiger charge is 2.52. The molecule has 4 nitrogen and oxygen atoms in total. The molecule has 0 aliphatic carbocycles. The summed E-state index contributed by atoms with van der Waals surface area (Å²) < 4.78 is 0. The van der Waals surface area contributed by atoms with Crippen LogP contribution in [0.1, 0.15) is 45.4 Å². The first-order valence-corrected chi connectivity index (χ1v) is 6.95. The van der Waals surface area contributed by atoms with Gasteiger partial charge in [-0.1, -0.05) is 26.2 Å². The van der Waals surface area contributed by atoms with Crippen LogP contribution in [0.25, 0.3) is 0 Å². The molecule has 17 heavy (non-hydrogen) atoms. The predicted octanol–water partition coefficient (Wildman–Crippen LogP) is 0.496. The van der Waals surface area contributed by atoms with Gasteiger partial charge in [0.15, 0.2) is 0 Å². The van der Waals surface area contributed by atoms with E-state index < -0.39 is 12.2 Å². The molecule has 0 bridgehead atoms. The summed E-state index contributed by atoms with van der Waals surface area (Å²) in [6, 6.07) is 0.244. The van der Waals surface area contributed by atoms with Crippen LogP contribution >= 0.6 is 0 Å². The van der Waals surface area contributed by atoms with Crippen molar-refractivity contribution in [2.45, 2.75) is 75.8 Å². The molecule has 0 amide bonds. The lowest BCUT2D eigenvalue weighted by molar-refractivity contribution is 0.0225. The van der Waals surface area contributed by atoms with Crippen LogP contribution in [0, 0.1) is 0 Å². The fraction of sp³-hybridized carbons (Fsp3) is 1.00. The summed E-state index contributed by atoms with van der Waals surface area (Å²) in [5, 5.41) is 29.5. The molecule has 2 heterocycles. The van der Waals surface area contributed by atoms with E-state index in [4.69, 9.17) is 0 Å². The van der Waals surface area contributed by atoms with Crippen molar-refractivity contribution in [1.82, 2.24) is 4.90 Å². The Morgan fingerprint density at radius 1 is 1.12 bits per heavy atom. The van der Waals surface area contributed by atoms with E-state index in [9.17, 15) is 15.3 Å². The lowest BCUT2D eigenvalue weighted by Gasteiger charge is -2.30. The van der Waals surface area contributed by atoms with Crippen LogP contribution in [-0.4, -0.2) is 57.2 Å². The summed E-state index contributed by atoms with van der Waals surface area (Å²) in [6.07, 6.45) is 4.93. The highest BCUT2D eigenvalue weighted by Crippen LogP contribution is 2.38. The van der Waals surface area contributed by atoms with E-state index in [1.165, 1.54) is 6.42 Å². The molecule has 0 radical (unpaired) electrons. The zero-order chi connectivity index (χ0) is 12.4. The number of rotatable bonds is 5. The van der Waals surface area contributed by atoms with E-state index in [2.05, 4.69) is 11.8 Å². The van der Waals surface area contributed by atoms with E-state index in [0.717, 1.165) is 32.1 Å². The third kappa shape index (κ3) is 2.36. The molecule has 2 aliphatic heterocycles. The Morgan fingerprint density at radius 3 is 2.53 bits per heavy atom. The summed E-state index contributed by atoms with van der Waals surface area (Å²) >= 11 is 0. The van der Waals surface area contributed by atoms with Crippen LogP contribution < -0.4 is 0 Å². The van der Waals surface area contributed by atoms with Crippen molar-refractivity contribution >= 4 is 0 Å². The van der Waals surface area contributed by atoms with Crippen LogP contribution in [0.5, 0.6) is 0 Å². The second-order valence-corrected chi connectivity index (χ2v) is 5.47. The maximum absolute atomic E-state index is 10.1. The molecule has 100 valence electrons. The predicted molar refractivity (Wildman–Crippen MR) is 65.7 cm³/mol. The molecule has 0 saturated carbocycles. The average Bonchev–Trinajstić information content (AvgIpc) is 2.84. The standard InChI is InChI=1S/C13H25NO3/c1-2-3-4-5-10-12(16)13(17)11-7-6-9(8-15)14(10)11/h9-13,15-17H,2-8H2,1H3/t9-,10+,11+,12+,13+/m0/s1. The molecule has 2 saturated heterocycles. The van der Waals surface area contributed by atoms with Crippen molar-refractivity contribution in [3.8, 4) is 0 Å². The molecule has 5 atom stereocenters. The normalized spacial score (nSPS) is 42.0. The van der Waals surface area contributed by atoms with E-state index in [-0.39, 0.29) is 24.7 Å². The van der Waals surface area contributed by atoms with Crippen LogP contribution in [0.15, 0.2) is 0 Å². The third-order valence-corrected chi connectivity index (χ3v) is 4.44. The maximum atomic E-state index is 10.1. The molecule has 2 rings (SSSR count). The minimum Gasteiger partial charge on any atom is -0.395 e. The zero-order valence-corrected chi connectivity index (χ0v) is 10.6. The summed E-state index contributed by atoms with van der Waals surface area (Å²) in [6.45, 7) is 2.30. The fourth-order valence-corrected chi connectivity index (χ4v) is 3.54. The van der Waals surface area contributed by atoms with Crippen LogP contribution in [0.4, 0.5) is 0 Å². The van der Waals surface area contributed by atoms with E-state index in [1.807, 2.05) is 0 Å². The van der Waals surface area contributed by atoms with Gasteiger partial charge in [0.05, 0.1) is 18.8 Å². The van der Waals surface area contributed by atoms with Crippen molar-refractivity contribution < 1.29 is 15.3 Å². The topological polar surface area (TPSA) is 63.9 Å².